The van der Waals surface area contributed by atoms with Crippen molar-refractivity contribution in [2.45, 2.75) is 39.5 Å². The van der Waals surface area contributed by atoms with Gasteiger partial charge in [-0.15, -0.1) is 0 Å². The van der Waals surface area contributed by atoms with Gasteiger partial charge in [0.15, 0.2) is 0 Å². The summed E-state index contributed by atoms with van der Waals surface area (Å²) in [6.45, 7) is 8.45. The van der Waals surface area contributed by atoms with Gasteiger partial charge in [-0.3, -0.25) is 0 Å². The zero-order valence-corrected chi connectivity index (χ0v) is 8.19. The molecule has 0 amide bonds. The third-order valence-electron chi connectivity index (χ3n) is 2.40. The molecule has 0 nitrogen and oxygen atoms in total. The Kier molecular flexibility index (Phi) is 3.33. The minimum atomic E-state index is 1.10. The Hall–Kier alpha value is -0.780. The summed E-state index contributed by atoms with van der Waals surface area (Å²) in [5.74, 6) is 0. The van der Waals surface area contributed by atoms with E-state index in [1.807, 2.05) is 0 Å². The lowest BCUT2D eigenvalue weighted by Gasteiger charge is -2.16. The fourth-order valence-corrected chi connectivity index (χ4v) is 1.49. The summed E-state index contributed by atoms with van der Waals surface area (Å²) in [5, 5.41) is 0. The quantitative estimate of drug-likeness (QED) is 0.538. The summed E-state index contributed by atoms with van der Waals surface area (Å²) in [7, 11) is 0. The number of hydrogen-bond donors (Lipinski definition) is 0. The maximum absolute atomic E-state index is 4.04. The Labute approximate surface area is 75.7 Å². The molecule has 0 unspecified atom stereocenters. The van der Waals surface area contributed by atoms with E-state index in [0.29, 0.717) is 0 Å². The van der Waals surface area contributed by atoms with Crippen LogP contribution in [-0.2, 0) is 0 Å². The van der Waals surface area contributed by atoms with Gasteiger partial charge >= 0.3 is 0 Å². The molecule has 0 N–H and O–H groups in total. The first kappa shape index (κ1) is 9.31. The highest BCUT2D eigenvalue weighted by atomic mass is 14.1. The van der Waals surface area contributed by atoms with Gasteiger partial charge in [-0.1, -0.05) is 36.8 Å². The molecule has 0 aromatic carbocycles. The maximum atomic E-state index is 4.04. The van der Waals surface area contributed by atoms with Gasteiger partial charge in [0, 0.05) is 0 Å². The Balaban J connectivity index is 2.71. The van der Waals surface area contributed by atoms with Gasteiger partial charge in [-0.2, -0.15) is 0 Å². The first-order valence-corrected chi connectivity index (χ1v) is 4.76. The van der Waals surface area contributed by atoms with Crippen LogP contribution in [0, 0.1) is 0 Å². The minimum absolute atomic E-state index is 1.10. The molecular weight excluding hydrogens is 144 g/mol. The van der Waals surface area contributed by atoms with E-state index in [9.17, 15) is 0 Å². The first-order chi connectivity index (χ1) is 5.74. The maximum Gasteiger partial charge on any atom is -0.00704 e. The zero-order chi connectivity index (χ0) is 8.97. The first-order valence-electron chi connectivity index (χ1n) is 4.76. The van der Waals surface area contributed by atoms with Gasteiger partial charge < -0.3 is 0 Å². The molecule has 1 rings (SSSR count). The topological polar surface area (TPSA) is 0 Å². The van der Waals surface area contributed by atoms with E-state index in [1.54, 1.807) is 5.57 Å². The van der Waals surface area contributed by atoms with Crippen molar-refractivity contribution in [1.29, 1.82) is 0 Å². The lowest BCUT2D eigenvalue weighted by molar-refractivity contribution is 0.830. The van der Waals surface area contributed by atoms with Crippen LogP contribution in [0.15, 0.2) is 35.5 Å². The molecule has 0 aromatic heterocycles. The van der Waals surface area contributed by atoms with E-state index in [2.05, 4.69) is 32.6 Å². The second kappa shape index (κ2) is 4.30. The van der Waals surface area contributed by atoms with Crippen LogP contribution in [0.25, 0.3) is 0 Å². The van der Waals surface area contributed by atoms with Crippen molar-refractivity contribution < 1.29 is 0 Å². The average Bonchev–Trinajstić information content (AvgIpc) is 2.07. The van der Waals surface area contributed by atoms with Crippen molar-refractivity contribution in [2.75, 3.05) is 0 Å². The van der Waals surface area contributed by atoms with Crippen LogP contribution in [0.5, 0.6) is 0 Å². The van der Waals surface area contributed by atoms with E-state index >= 15 is 0 Å². The highest BCUT2D eigenvalue weighted by Gasteiger charge is 2.08. The Morgan fingerprint density at radius 2 is 2.17 bits per heavy atom. The Bertz CT molecular complexity index is 228. The van der Waals surface area contributed by atoms with Crippen molar-refractivity contribution in [3.8, 4) is 0 Å². The highest BCUT2D eigenvalue weighted by Crippen LogP contribution is 2.28. The molecule has 0 saturated heterocycles. The molecule has 66 valence electrons. The normalized spacial score (nSPS) is 19.3. The van der Waals surface area contributed by atoms with Crippen LogP contribution in [0.3, 0.4) is 0 Å². The standard InChI is InChI=1S/C12H18/c1-4-5-6-12-9-10(2)7-8-11(12)3/h5-6H,2,4,7-9H2,1,3H3. The van der Waals surface area contributed by atoms with Crippen LogP contribution >= 0.6 is 0 Å². The van der Waals surface area contributed by atoms with E-state index in [-0.39, 0.29) is 0 Å². The molecule has 0 spiro atoms. The largest absolute Gasteiger partial charge is 0.0995 e. The van der Waals surface area contributed by atoms with Crippen molar-refractivity contribution in [3.05, 3.63) is 35.5 Å². The molecule has 0 heterocycles. The van der Waals surface area contributed by atoms with Crippen molar-refractivity contribution >= 4 is 0 Å². The third-order valence-corrected chi connectivity index (χ3v) is 2.40. The van der Waals surface area contributed by atoms with Gasteiger partial charge in [0.25, 0.3) is 0 Å². The lowest BCUT2D eigenvalue weighted by Crippen LogP contribution is -1.97. The monoisotopic (exact) mass is 162 g/mol. The molecule has 0 bridgehead atoms. The van der Waals surface area contributed by atoms with Gasteiger partial charge in [0.05, 0.1) is 0 Å². The van der Waals surface area contributed by atoms with Crippen LogP contribution in [0.4, 0.5) is 0 Å². The van der Waals surface area contributed by atoms with Gasteiger partial charge in [0.2, 0.25) is 0 Å². The summed E-state index contributed by atoms with van der Waals surface area (Å²) < 4.78 is 0. The van der Waals surface area contributed by atoms with E-state index in [0.717, 1.165) is 12.8 Å². The summed E-state index contributed by atoms with van der Waals surface area (Å²) in [5.41, 5.74) is 4.43. The van der Waals surface area contributed by atoms with Crippen molar-refractivity contribution in [2.24, 2.45) is 0 Å². The Morgan fingerprint density at radius 1 is 1.42 bits per heavy atom. The van der Waals surface area contributed by atoms with Gasteiger partial charge in [-0.25, -0.2) is 0 Å². The van der Waals surface area contributed by atoms with Gasteiger partial charge in [-0.05, 0) is 38.2 Å². The fraction of sp³-hybridized carbons (Fsp3) is 0.500. The summed E-state index contributed by atoms with van der Waals surface area (Å²) in [6.07, 6.45) is 9.13. The molecule has 0 aromatic rings. The molecule has 0 fully saturated rings. The fourth-order valence-electron chi connectivity index (χ4n) is 1.49. The molecule has 12 heavy (non-hydrogen) atoms. The molecule has 0 radical (unpaired) electrons. The van der Waals surface area contributed by atoms with E-state index in [4.69, 9.17) is 0 Å². The summed E-state index contributed by atoms with van der Waals surface area (Å²) in [6, 6.07) is 0. The SMILES string of the molecule is C=C1CCC(C)=C(C=CCC)C1. The number of allylic oxidation sites excluding steroid dienone is 5. The second-order valence-corrected chi connectivity index (χ2v) is 3.54. The van der Waals surface area contributed by atoms with Crippen LogP contribution in [0.2, 0.25) is 0 Å². The molecule has 0 saturated carbocycles. The van der Waals surface area contributed by atoms with E-state index in [1.165, 1.54) is 24.0 Å². The smallest absolute Gasteiger partial charge is 0.00704 e. The highest BCUT2D eigenvalue weighted by molar-refractivity contribution is 5.32. The Morgan fingerprint density at radius 3 is 2.83 bits per heavy atom. The van der Waals surface area contributed by atoms with Crippen LogP contribution < -0.4 is 0 Å². The van der Waals surface area contributed by atoms with Crippen LogP contribution in [-0.4, -0.2) is 0 Å². The van der Waals surface area contributed by atoms with Crippen LogP contribution in [0.1, 0.15) is 39.5 Å². The average molecular weight is 162 g/mol. The summed E-state index contributed by atoms with van der Waals surface area (Å²) in [4.78, 5) is 0. The molecule has 1 aliphatic rings. The lowest BCUT2D eigenvalue weighted by atomic mass is 9.89. The predicted octanol–water partition coefficient (Wildman–Crippen LogP) is 4.01. The zero-order valence-electron chi connectivity index (χ0n) is 8.19. The van der Waals surface area contributed by atoms with Crippen molar-refractivity contribution in [3.63, 3.8) is 0 Å². The summed E-state index contributed by atoms with van der Waals surface area (Å²) >= 11 is 0. The molecule has 0 atom stereocenters. The molecule has 0 aliphatic heterocycles. The minimum Gasteiger partial charge on any atom is -0.0995 e. The molecular formula is C12H18. The van der Waals surface area contributed by atoms with E-state index < -0.39 is 0 Å². The second-order valence-electron chi connectivity index (χ2n) is 3.54. The molecule has 0 heteroatoms. The van der Waals surface area contributed by atoms with Gasteiger partial charge in [0.1, 0.15) is 0 Å². The number of hydrogen-bond acceptors (Lipinski definition) is 0. The number of rotatable bonds is 2. The van der Waals surface area contributed by atoms with Crippen molar-refractivity contribution in [1.82, 2.24) is 0 Å². The third kappa shape index (κ3) is 2.37. The molecule has 1 aliphatic carbocycles. The predicted molar refractivity (Wildman–Crippen MR) is 55.1 cm³/mol.